The van der Waals surface area contributed by atoms with Crippen molar-refractivity contribution >= 4 is 51.9 Å². The fourth-order valence-electron chi connectivity index (χ4n) is 3.85. The number of hydrogen-bond donors (Lipinski definition) is 1. The number of para-hydroxylation sites is 1. The maximum absolute atomic E-state index is 12.2. The van der Waals surface area contributed by atoms with E-state index in [1.54, 1.807) is 6.21 Å². The van der Waals surface area contributed by atoms with Crippen LogP contribution in [-0.4, -0.2) is 29.2 Å². The van der Waals surface area contributed by atoms with Crippen molar-refractivity contribution in [3.8, 4) is 11.6 Å². The summed E-state index contributed by atoms with van der Waals surface area (Å²) in [6, 6.07) is 7.72. The molecule has 1 aromatic carbocycles. The molecule has 0 bridgehead atoms. The Kier molecular flexibility index (Phi) is 7.57. The number of rotatable bonds is 8. The minimum absolute atomic E-state index is 0.0808. The normalized spacial score (nSPS) is 13.1. The highest BCUT2D eigenvalue weighted by atomic mass is 35.5. The van der Waals surface area contributed by atoms with Gasteiger partial charge in [0.1, 0.15) is 17.9 Å². The SMILES string of the molecule is COc1ncc(Cl)c(COc2cccc3c(C4=C(Cl)CC=N4)cc(C)nc23)c1CNC(=O)C(C)C. The Balaban J connectivity index is 1.70. The molecule has 3 heterocycles. The van der Waals surface area contributed by atoms with Gasteiger partial charge in [-0.15, -0.1) is 0 Å². The van der Waals surface area contributed by atoms with Gasteiger partial charge in [-0.3, -0.25) is 9.79 Å². The minimum Gasteiger partial charge on any atom is -0.487 e. The maximum atomic E-state index is 12.2. The van der Waals surface area contributed by atoms with Crippen LogP contribution in [0.1, 0.15) is 42.7 Å². The summed E-state index contributed by atoms with van der Waals surface area (Å²) in [6.07, 6.45) is 3.94. The average Bonchev–Trinajstić information content (AvgIpc) is 3.26. The first-order chi connectivity index (χ1) is 16.8. The number of nitrogens with one attached hydrogen (secondary N) is 1. The Bertz CT molecular complexity index is 1350. The van der Waals surface area contributed by atoms with E-state index < -0.39 is 0 Å². The summed E-state index contributed by atoms with van der Waals surface area (Å²) in [4.78, 5) is 25.6. The van der Waals surface area contributed by atoms with E-state index in [-0.39, 0.29) is 25.0 Å². The van der Waals surface area contributed by atoms with E-state index in [4.69, 9.17) is 37.7 Å². The van der Waals surface area contributed by atoms with Crippen LogP contribution in [0.3, 0.4) is 0 Å². The monoisotopic (exact) mass is 512 g/mol. The van der Waals surface area contributed by atoms with E-state index in [0.717, 1.165) is 22.3 Å². The summed E-state index contributed by atoms with van der Waals surface area (Å²) in [7, 11) is 1.53. The number of aromatic nitrogens is 2. The molecule has 1 aliphatic heterocycles. The molecule has 0 unspecified atom stereocenters. The number of amides is 1. The second-order valence-electron chi connectivity index (χ2n) is 8.47. The smallest absolute Gasteiger partial charge is 0.222 e. The first kappa shape index (κ1) is 24.9. The summed E-state index contributed by atoms with van der Waals surface area (Å²) in [5, 5.41) is 4.91. The van der Waals surface area contributed by atoms with Gasteiger partial charge in [-0.05, 0) is 19.1 Å². The molecule has 1 N–H and O–H groups in total. The summed E-state index contributed by atoms with van der Waals surface area (Å²) in [5.74, 6) is 0.740. The van der Waals surface area contributed by atoms with Gasteiger partial charge in [-0.1, -0.05) is 49.2 Å². The number of ether oxygens (including phenoxy) is 2. The van der Waals surface area contributed by atoms with Crippen molar-refractivity contribution < 1.29 is 14.3 Å². The fraction of sp³-hybridized carbons (Fsp3) is 0.308. The number of aliphatic imine (C=N–C) groups is 1. The zero-order chi connectivity index (χ0) is 25.1. The summed E-state index contributed by atoms with van der Waals surface area (Å²) in [5.41, 5.74) is 4.54. The number of carbonyl (C=O) groups is 1. The molecule has 0 saturated carbocycles. The minimum atomic E-state index is -0.153. The molecule has 35 heavy (non-hydrogen) atoms. The predicted octanol–water partition coefficient (Wildman–Crippen LogP) is 5.83. The first-order valence-electron chi connectivity index (χ1n) is 11.2. The lowest BCUT2D eigenvalue weighted by Crippen LogP contribution is -2.28. The molecule has 0 atom stereocenters. The van der Waals surface area contributed by atoms with Crippen LogP contribution in [0.25, 0.3) is 16.6 Å². The molecule has 0 saturated heterocycles. The first-order valence-corrected chi connectivity index (χ1v) is 12.0. The molecule has 0 fully saturated rings. The molecule has 1 aliphatic rings. The molecule has 1 amide bonds. The third kappa shape index (κ3) is 5.26. The van der Waals surface area contributed by atoms with Gasteiger partial charge < -0.3 is 14.8 Å². The number of nitrogens with zero attached hydrogens (tertiary/aromatic N) is 3. The molecule has 9 heteroatoms. The summed E-state index contributed by atoms with van der Waals surface area (Å²) < 4.78 is 11.7. The topological polar surface area (TPSA) is 85.7 Å². The Morgan fingerprint density at radius 2 is 2.03 bits per heavy atom. The Hall–Kier alpha value is -3.16. The molecule has 182 valence electrons. The van der Waals surface area contributed by atoms with Gasteiger partial charge in [0.25, 0.3) is 0 Å². The van der Waals surface area contributed by atoms with E-state index in [9.17, 15) is 4.79 Å². The molecular formula is C26H26Cl2N4O3. The van der Waals surface area contributed by atoms with E-state index in [1.807, 2.05) is 45.0 Å². The van der Waals surface area contributed by atoms with Gasteiger partial charge in [0, 0.05) is 64.1 Å². The molecule has 0 aliphatic carbocycles. The lowest BCUT2D eigenvalue weighted by molar-refractivity contribution is -0.124. The second kappa shape index (κ2) is 10.6. The third-order valence-corrected chi connectivity index (χ3v) is 6.33. The standard InChI is InChI=1S/C26H26Cl2N4O3/c1-14(2)25(33)30-11-18-19(21(28)12-31-26(18)34-4)13-35-22-7-5-6-16-17(10-15(3)32-24(16)22)23-20(27)8-9-29-23/h5-7,9-10,12,14H,8,11,13H2,1-4H3,(H,30,33). The van der Waals surface area contributed by atoms with Gasteiger partial charge in [-0.2, -0.15) is 0 Å². The molecular weight excluding hydrogens is 487 g/mol. The van der Waals surface area contributed by atoms with Crippen molar-refractivity contribution in [3.63, 3.8) is 0 Å². The van der Waals surface area contributed by atoms with E-state index in [2.05, 4.69) is 15.3 Å². The van der Waals surface area contributed by atoms with Crippen LogP contribution < -0.4 is 14.8 Å². The lowest BCUT2D eigenvalue weighted by Gasteiger charge is -2.17. The highest BCUT2D eigenvalue weighted by molar-refractivity contribution is 6.35. The number of benzene rings is 1. The highest BCUT2D eigenvalue weighted by Crippen LogP contribution is 2.36. The summed E-state index contributed by atoms with van der Waals surface area (Å²) in [6.45, 7) is 5.94. The number of fused-ring (bicyclic) bond motifs is 1. The number of hydrogen-bond acceptors (Lipinski definition) is 6. The molecule has 3 aromatic rings. The quantitative estimate of drug-likeness (QED) is 0.410. The van der Waals surface area contributed by atoms with Crippen molar-refractivity contribution in [2.75, 3.05) is 7.11 Å². The van der Waals surface area contributed by atoms with E-state index >= 15 is 0 Å². The van der Waals surface area contributed by atoms with Gasteiger partial charge in [0.2, 0.25) is 11.8 Å². The number of allylic oxidation sites excluding steroid dienone is 1. The molecule has 4 rings (SSSR count). The largest absolute Gasteiger partial charge is 0.487 e. The summed E-state index contributed by atoms with van der Waals surface area (Å²) >= 11 is 12.9. The number of methoxy groups -OCH3 is 1. The fourth-order valence-corrected chi connectivity index (χ4v) is 4.29. The van der Waals surface area contributed by atoms with Crippen LogP contribution in [0.4, 0.5) is 0 Å². The number of aryl methyl sites for hydroxylation is 1. The lowest BCUT2D eigenvalue weighted by atomic mass is 10.0. The molecule has 7 nitrogen and oxygen atoms in total. The number of pyridine rings is 2. The molecule has 0 spiro atoms. The maximum Gasteiger partial charge on any atom is 0.222 e. The van der Waals surface area contributed by atoms with Crippen molar-refractivity contribution in [3.05, 3.63) is 62.9 Å². The van der Waals surface area contributed by atoms with Crippen molar-refractivity contribution in [1.82, 2.24) is 15.3 Å². The number of carbonyl (C=O) groups excluding carboxylic acids is 1. The van der Waals surface area contributed by atoms with Gasteiger partial charge >= 0.3 is 0 Å². The number of halogens is 2. The van der Waals surface area contributed by atoms with Crippen molar-refractivity contribution in [2.45, 2.75) is 40.3 Å². The van der Waals surface area contributed by atoms with Crippen LogP contribution in [0.2, 0.25) is 5.02 Å². The van der Waals surface area contributed by atoms with Crippen LogP contribution in [-0.2, 0) is 17.9 Å². The van der Waals surface area contributed by atoms with Crippen molar-refractivity contribution in [2.24, 2.45) is 10.9 Å². The zero-order valence-electron chi connectivity index (χ0n) is 20.0. The second-order valence-corrected chi connectivity index (χ2v) is 9.33. The van der Waals surface area contributed by atoms with E-state index in [0.29, 0.717) is 44.7 Å². The van der Waals surface area contributed by atoms with Gasteiger partial charge in [0.15, 0.2) is 0 Å². The Morgan fingerprint density at radius 1 is 1.23 bits per heavy atom. The van der Waals surface area contributed by atoms with Crippen LogP contribution in [0.15, 0.2) is 40.5 Å². The van der Waals surface area contributed by atoms with Crippen LogP contribution >= 0.6 is 23.2 Å². The Morgan fingerprint density at radius 3 is 2.71 bits per heavy atom. The zero-order valence-corrected chi connectivity index (χ0v) is 21.5. The third-order valence-electron chi connectivity index (χ3n) is 5.67. The predicted molar refractivity (Wildman–Crippen MR) is 139 cm³/mol. The van der Waals surface area contributed by atoms with Crippen LogP contribution in [0.5, 0.6) is 11.6 Å². The van der Waals surface area contributed by atoms with E-state index in [1.165, 1.54) is 13.3 Å². The van der Waals surface area contributed by atoms with Gasteiger partial charge in [-0.25, -0.2) is 9.97 Å². The van der Waals surface area contributed by atoms with Crippen LogP contribution in [0, 0.1) is 12.8 Å². The molecule has 2 aromatic heterocycles. The van der Waals surface area contributed by atoms with Crippen molar-refractivity contribution in [1.29, 1.82) is 0 Å². The Labute approximate surface area is 214 Å². The molecule has 0 radical (unpaired) electrons. The highest BCUT2D eigenvalue weighted by Gasteiger charge is 2.20. The average molecular weight is 513 g/mol. The van der Waals surface area contributed by atoms with Gasteiger partial charge in [0.05, 0.1) is 17.8 Å².